The van der Waals surface area contributed by atoms with Crippen LogP contribution in [0.1, 0.15) is 25.7 Å². The van der Waals surface area contributed by atoms with Gasteiger partial charge in [0.05, 0.1) is 5.57 Å². The van der Waals surface area contributed by atoms with Crippen LogP contribution in [-0.4, -0.2) is 77.8 Å². The molecule has 2 rings (SSSR count). The summed E-state index contributed by atoms with van der Waals surface area (Å²) < 4.78 is 118. The Morgan fingerprint density at radius 3 is 1.88 bits per heavy atom. The molecule has 2 amide bonds. The first-order valence-electron chi connectivity index (χ1n) is 9.42. The molecule has 33 heavy (non-hydrogen) atoms. The molecule has 2 heterocycles. The number of ether oxygens (including phenoxy) is 1. The van der Waals surface area contributed by atoms with Gasteiger partial charge in [-0.3, -0.25) is 4.79 Å². The van der Waals surface area contributed by atoms with E-state index in [0.717, 1.165) is 4.90 Å². The van der Waals surface area contributed by atoms with Crippen molar-refractivity contribution in [3.8, 4) is 0 Å². The molecule has 0 saturated carbocycles. The first-order valence-corrected chi connectivity index (χ1v) is 9.42. The zero-order chi connectivity index (χ0) is 25.4. The molecule has 3 N–H and O–H groups in total. The van der Waals surface area contributed by atoms with Gasteiger partial charge >= 0.3 is 24.6 Å². The van der Waals surface area contributed by atoms with E-state index < -0.39 is 66.5 Å². The number of alkyl halides is 9. The van der Waals surface area contributed by atoms with Gasteiger partial charge in [0.25, 0.3) is 12.0 Å². The molecule has 0 aromatic carbocycles. The van der Waals surface area contributed by atoms with E-state index in [4.69, 9.17) is 11.1 Å². The first-order chi connectivity index (χ1) is 14.9. The third-order valence-electron chi connectivity index (χ3n) is 5.58. The van der Waals surface area contributed by atoms with Gasteiger partial charge in [-0.15, -0.1) is 0 Å². The lowest BCUT2D eigenvalue weighted by Gasteiger charge is -2.45. The van der Waals surface area contributed by atoms with Gasteiger partial charge in [0.2, 0.25) is 0 Å². The largest absolute Gasteiger partial charge is 0.434 e. The quantitative estimate of drug-likeness (QED) is 0.354. The zero-order valence-electron chi connectivity index (χ0n) is 16.7. The van der Waals surface area contributed by atoms with Crippen LogP contribution in [0.2, 0.25) is 0 Å². The lowest BCUT2D eigenvalue weighted by atomic mass is 9.84. The number of nitrogens with zero attached hydrogens (tertiary/aromatic N) is 2. The predicted octanol–water partition coefficient (Wildman–Crippen LogP) is 3.50. The molecule has 0 aromatic rings. The van der Waals surface area contributed by atoms with E-state index in [1.165, 1.54) is 0 Å². The summed E-state index contributed by atoms with van der Waals surface area (Å²) >= 11 is 0. The number of hydrogen-bond acceptors (Lipinski definition) is 5. The smallest absolute Gasteiger partial charge is 0.426 e. The topological polar surface area (TPSA) is 99.7 Å². The molecule has 1 spiro atoms. The van der Waals surface area contributed by atoms with Gasteiger partial charge < -0.3 is 25.7 Å². The SMILES string of the molecule is N=C/C(C(=O)N1CCCC12CCN(C(=O)OC(C(F)(F)F)C(F)(F)F)CC2)=C(\N)C(F)(F)F. The minimum absolute atomic E-state index is 0.00399. The maximum absolute atomic E-state index is 12.9. The highest BCUT2D eigenvalue weighted by Gasteiger charge is 2.60. The van der Waals surface area contributed by atoms with Crippen LogP contribution in [0.3, 0.4) is 0 Å². The summed E-state index contributed by atoms with van der Waals surface area (Å²) in [5.74, 6) is -1.18. The Bertz CT molecular complexity index is 798. The van der Waals surface area contributed by atoms with Gasteiger partial charge in [-0.05, 0) is 25.7 Å². The molecule has 16 heteroatoms. The van der Waals surface area contributed by atoms with Crippen molar-refractivity contribution >= 4 is 18.2 Å². The first kappa shape index (κ1) is 26.6. The van der Waals surface area contributed by atoms with Crippen LogP contribution in [0.5, 0.6) is 0 Å². The van der Waals surface area contributed by atoms with Crippen LogP contribution in [-0.2, 0) is 9.53 Å². The molecule has 188 valence electrons. The highest BCUT2D eigenvalue weighted by atomic mass is 19.4. The van der Waals surface area contributed by atoms with Gasteiger partial charge in [0.1, 0.15) is 5.70 Å². The Kier molecular flexibility index (Phi) is 7.19. The van der Waals surface area contributed by atoms with Crippen molar-refractivity contribution in [3.05, 3.63) is 11.3 Å². The summed E-state index contributed by atoms with van der Waals surface area (Å²) in [6.07, 6.45) is -22.5. The summed E-state index contributed by atoms with van der Waals surface area (Å²) in [4.78, 5) is 26.3. The van der Waals surface area contributed by atoms with E-state index >= 15 is 0 Å². The highest BCUT2D eigenvalue weighted by molar-refractivity contribution is 6.12. The van der Waals surface area contributed by atoms with E-state index in [-0.39, 0.29) is 32.0 Å². The maximum Gasteiger partial charge on any atom is 0.434 e. The predicted molar refractivity (Wildman–Crippen MR) is 92.9 cm³/mol. The summed E-state index contributed by atoms with van der Waals surface area (Å²) in [7, 11) is 0. The maximum atomic E-state index is 12.9. The second-order valence-electron chi connectivity index (χ2n) is 7.59. The minimum Gasteiger partial charge on any atom is -0.426 e. The Hall–Kier alpha value is -2.68. The number of carbonyl (C=O) groups is 2. The van der Waals surface area contributed by atoms with Gasteiger partial charge in [-0.1, -0.05) is 0 Å². The van der Waals surface area contributed by atoms with Gasteiger partial charge in [-0.2, -0.15) is 39.5 Å². The number of piperidine rings is 1. The highest BCUT2D eigenvalue weighted by Crippen LogP contribution is 2.41. The molecule has 0 radical (unpaired) electrons. The fourth-order valence-electron chi connectivity index (χ4n) is 3.93. The van der Waals surface area contributed by atoms with Crippen LogP contribution in [0.4, 0.5) is 44.3 Å². The van der Waals surface area contributed by atoms with Crippen molar-refractivity contribution in [3.63, 3.8) is 0 Å². The normalized spacial score (nSPS) is 20.2. The molecular formula is C17H19F9N4O3. The van der Waals surface area contributed by atoms with E-state index in [2.05, 4.69) is 4.74 Å². The third kappa shape index (κ3) is 5.63. The second kappa shape index (κ2) is 8.93. The number of amides is 2. The van der Waals surface area contributed by atoms with Crippen molar-refractivity contribution in [2.75, 3.05) is 19.6 Å². The van der Waals surface area contributed by atoms with Crippen LogP contribution in [0, 0.1) is 5.41 Å². The molecule has 2 aliphatic rings. The number of rotatable bonds is 3. The molecule has 2 saturated heterocycles. The lowest BCUT2D eigenvalue weighted by molar-refractivity contribution is -0.308. The molecule has 0 aromatic heterocycles. The van der Waals surface area contributed by atoms with Crippen molar-refractivity contribution < 1.29 is 53.8 Å². The average molecular weight is 498 g/mol. The summed E-state index contributed by atoms with van der Waals surface area (Å²) in [6.45, 7) is -0.803. The molecule has 2 fully saturated rings. The van der Waals surface area contributed by atoms with Gasteiger partial charge in [0, 0.05) is 31.4 Å². The van der Waals surface area contributed by atoms with E-state index in [1.807, 2.05) is 0 Å². The second-order valence-corrected chi connectivity index (χ2v) is 7.59. The monoisotopic (exact) mass is 498 g/mol. The van der Waals surface area contributed by atoms with E-state index in [9.17, 15) is 49.1 Å². The summed E-state index contributed by atoms with van der Waals surface area (Å²) in [5.41, 5.74) is 1.02. The van der Waals surface area contributed by atoms with Gasteiger partial charge in [-0.25, -0.2) is 4.79 Å². The van der Waals surface area contributed by atoms with Gasteiger partial charge in [0.15, 0.2) is 0 Å². The van der Waals surface area contributed by atoms with Crippen LogP contribution < -0.4 is 5.73 Å². The molecule has 0 atom stereocenters. The van der Waals surface area contributed by atoms with Crippen LogP contribution >= 0.6 is 0 Å². The Morgan fingerprint density at radius 1 is 0.939 bits per heavy atom. The fraction of sp³-hybridized carbons (Fsp3) is 0.706. The van der Waals surface area contributed by atoms with E-state index in [0.29, 0.717) is 11.3 Å². The number of halogens is 9. The lowest BCUT2D eigenvalue weighted by Crippen LogP contribution is -2.56. The summed E-state index contributed by atoms with van der Waals surface area (Å²) in [6, 6.07) is 0. The zero-order valence-corrected chi connectivity index (χ0v) is 16.7. The third-order valence-corrected chi connectivity index (χ3v) is 5.58. The van der Waals surface area contributed by atoms with Crippen molar-refractivity contribution in [1.29, 1.82) is 5.41 Å². The molecule has 0 aliphatic carbocycles. The fourth-order valence-corrected chi connectivity index (χ4v) is 3.93. The standard InChI is InChI=1S/C17H19F9N4O3/c18-15(19,20)10(28)9(8-27)11(31)30-5-1-2-14(30)3-6-29(7-4-14)13(32)33-12(16(21,22)23)17(24,25)26/h8,12,27H,1-7,28H2/b10-9+,27-8?. The number of hydrogen-bond donors (Lipinski definition) is 2. The molecule has 2 aliphatic heterocycles. The minimum atomic E-state index is -5.88. The average Bonchev–Trinajstić information content (AvgIpc) is 3.07. The van der Waals surface area contributed by atoms with E-state index in [1.54, 1.807) is 0 Å². The number of allylic oxidation sites excluding steroid dienone is 1. The Balaban J connectivity index is 2.15. The Labute approximate surface area is 180 Å². The molecule has 7 nitrogen and oxygen atoms in total. The molecule has 0 bridgehead atoms. The molecule has 0 unspecified atom stereocenters. The number of nitrogens with two attached hydrogens (primary N) is 1. The van der Waals surface area contributed by atoms with Crippen molar-refractivity contribution in [1.82, 2.24) is 9.80 Å². The van der Waals surface area contributed by atoms with Crippen molar-refractivity contribution in [2.45, 2.75) is 55.9 Å². The van der Waals surface area contributed by atoms with Crippen LogP contribution in [0.25, 0.3) is 0 Å². The van der Waals surface area contributed by atoms with Crippen molar-refractivity contribution in [2.24, 2.45) is 5.73 Å². The summed E-state index contributed by atoms with van der Waals surface area (Å²) in [5, 5.41) is 7.16. The number of nitrogens with one attached hydrogen (secondary N) is 1. The molecular weight excluding hydrogens is 479 g/mol. The number of likely N-dealkylation sites (tertiary alicyclic amines) is 2. The van der Waals surface area contributed by atoms with Crippen LogP contribution in [0.15, 0.2) is 11.3 Å². The Morgan fingerprint density at radius 2 is 1.45 bits per heavy atom. The number of carbonyl (C=O) groups excluding carboxylic acids is 2.